The van der Waals surface area contributed by atoms with Crippen LogP contribution in [-0.2, 0) is 4.79 Å². The van der Waals surface area contributed by atoms with E-state index in [2.05, 4.69) is 11.8 Å². The molecule has 1 amide bonds. The van der Waals surface area contributed by atoms with Gasteiger partial charge in [-0.3, -0.25) is 4.79 Å². The minimum Gasteiger partial charge on any atom is -0.339 e. The van der Waals surface area contributed by atoms with Crippen LogP contribution in [0.5, 0.6) is 0 Å². The maximum absolute atomic E-state index is 12.8. The van der Waals surface area contributed by atoms with Crippen LogP contribution in [0.15, 0.2) is 0 Å². The lowest BCUT2D eigenvalue weighted by Crippen LogP contribution is -2.46. The highest BCUT2D eigenvalue weighted by Crippen LogP contribution is 2.32. The van der Waals surface area contributed by atoms with E-state index in [9.17, 15) is 4.79 Å². The molecule has 0 aromatic carbocycles. The Morgan fingerprint density at radius 3 is 2.32 bits per heavy atom. The Hall–Kier alpha value is -0.570. The van der Waals surface area contributed by atoms with E-state index < -0.39 is 0 Å². The lowest BCUT2D eigenvalue weighted by atomic mass is 9.95. The summed E-state index contributed by atoms with van der Waals surface area (Å²) in [5.74, 6) is 1.26. The van der Waals surface area contributed by atoms with Crippen molar-refractivity contribution in [2.24, 2.45) is 17.6 Å². The van der Waals surface area contributed by atoms with E-state index in [4.69, 9.17) is 5.73 Å². The summed E-state index contributed by atoms with van der Waals surface area (Å²) in [6.45, 7) is 3.72. The van der Waals surface area contributed by atoms with Crippen LogP contribution in [0.4, 0.5) is 0 Å². The zero-order valence-corrected chi connectivity index (χ0v) is 12.4. The van der Waals surface area contributed by atoms with E-state index in [-0.39, 0.29) is 0 Å². The summed E-state index contributed by atoms with van der Waals surface area (Å²) in [6.07, 6.45) is 10.9. The van der Waals surface area contributed by atoms with Crippen molar-refractivity contribution in [2.45, 2.75) is 70.8 Å². The Balaban J connectivity index is 2.01. The number of nitrogens with two attached hydrogens (primary N) is 1. The number of hydrogen-bond donors (Lipinski definition) is 1. The van der Waals surface area contributed by atoms with Crippen molar-refractivity contribution >= 4 is 5.91 Å². The number of carbonyl (C=O) groups excluding carboxylic acids is 1. The molecule has 0 bridgehead atoms. The van der Waals surface area contributed by atoms with Crippen molar-refractivity contribution < 1.29 is 4.79 Å². The third-order valence-electron chi connectivity index (χ3n) is 5.15. The average Bonchev–Trinajstić information content (AvgIpc) is 2.73. The third-order valence-corrected chi connectivity index (χ3v) is 5.15. The van der Waals surface area contributed by atoms with E-state index in [0.717, 1.165) is 32.4 Å². The first kappa shape index (κ1) is 14.8. The molecule has 2 saturated carbocycles. The van der Waals surface area contributed by atoms with Crippen LogP contribution in [0.25, 0.3) is 0 Å². The second kappa shape index (κ2) is 7.28. The monoisotopic (exact) mass is 266 g/mol. The molecular formula is C16H30N2O. The highest BCUT2D eigenvalue weighted by molar-refractivity contribution is 5.79. The molecule has 2 unspecified atom stereocenters. The quantitative estimate of drug-likeness (QED) is 0.795. The zero-order chi connectivity index (χ0) is 13.7. The lowest BCUT2D eigenvalue weighted by Gasteiger charge is -2.34. The topological polar surface area (TPSA) is 46.3 Å². The molecule has 2 fully saturated rings. The summed E-state index contributed by atoms with van der Waals surface area (Å²) in [5.41, 5.74) is 5.88. The molecule has 2 N–H and O–H groups in total. The molecule has 0 saturated heterocycles. The molecule has 0 heterocycles. The van der Waals surface area contributed by atoms with Crippen LogP contribution in [-0.4, -0.2) is 29.9 Å². The number of carbonyl (C=O) groups is 1. The SMILES string of the molecule is CCN(C(=O)C1CCCCCC1)C1CCCC1CN. The van der Waals surface area contributed by atoms with Gasteiger partial charge in [-0.05, 0) is 45.1 Å². The van der Waals surface area contributed by atoms with E-state index in [1.807, 2.05) is 0 Å². The van der Waals surface area contributed by atoms with Crippen molar-refractivity contribution in [3.05, 3.63) is 0 Å². The molecule has 19 heavy (non-hydrogen) atoms. The summed E-state index contributed by atoms with van der Waals surface area (Å²) in [5, 5.41) is 0. The molecule has 3 heteroatoms. The summed E-state index contributed by atoms with van der Waals surface area (Å²) in [6, 6.07) is 0.422. The van der Waals surface area contributed by atoms with Gasteiger partial charge in [0, 0.05) is 18.5 Å². The molecule has 0 aromatic rings. The minimum absolute atomic E-state index is 0.293. The van der Waals surface area contributed by atoms with Gasteiger partial charge >= 0.3 is 0 Å². The predicted octanol–water partition coefficient (Wildman–Crippen LogP) is 2.93. The molecule has 2 aliphatic rings. The molecule has 3 nitrogen and oxygen atoms in total. The van der Waals surface area contributed by atoms with E-state index in [1.165, 1.54) is 38.5 Å². The normalized spacial score (nSPS) is 29.2. The first-order chi connectivity index (χ1) is 9.27. The third kappa shape index (κ3) is 3.50. The highest BCUT2D eigenvalue weighted by atomic mass is 16.2. The number of hydrogen-bond acceptors (Lipinski definition) is 2. The molecule has 0 spiro atoms. The van der Waals surface area contributed by atoms with Crippen LogP contribution in [0, 0.1) is 11.8 Å². The van der Waals surface area contributed by atoms with Crippen LogP contribution in [0.1, 0.15) is 64.7 Å². The standard InChI is InChI=1S/C16H30N2O/c1-2-18(15-11-7-10-14(15)12-17)16(19)13-8-5-3-4-6-9-13/h13-15H,2-12,17H2,1H3. The van der Waals surface area contributed by atoms with Gasteiger partial charge < -0.3 is 10.6 Å². The van der Waals surface area contributed by atoms with Crippen LogP contribution < -0.4 is 5.73 Å². The van der Waals surface area contributed by atoms with Crippen LogP contribution in [0.3, 0.4) is 0 Å². The summed E-state index contributed by atoms with van der Waals surface area (Å²) in [7, 11) is 0. The summed E-state index contributed by atoms with van der Waals surface area (Å²) < 4.78 is 0. The van der Waals surface area contributed by atoms with Crippen molar-refractivity contribution in [3.63, 3.8) is 0 Å². The second-order valence-corrected chi connectivity index (χ2v) is 6.31. The number of amides is 1. The van der Waals surface area contributed by atoms with Crippen molar-refractivity contribution in [2.75, 3.05) is 13.1 Å². The molecule has 2 atom stereocenters. The van der Waals surface area contributed by atoms with Crippen molar-refractivity contribution in [1.29, 1.82) is 0 Å². The lowest BCUT2D eigenvalue weighted by molar-refractivity contribution is -0.138. The molecule has 2 aliphatic carbocycles. The Bertz CT molecular complexity index is 284. The first-order valence-corrected chi connectivity index (χ1v) is 8.28. The molecular weight excluding hydrogens is 236 g/mol. The Morgan fingerprint density at radius 1 is 1.05 bits per heavy atom. The highest BCUT2D eigenvalue weighted by Gasteiger charge is 2.35. The Labute approximate surface area is 117 Å². The van der Waals surface area contributed by atoms with Gasteiger partial charge in [-0.15, -0.1) is 0 Å². The van der Waals surface area contributed by atoms with Gasteiger partial charge in [-0.25, -0.2) is 0 Å². The van der Waals surface area contributed by atoms with Gasteiger partial charge in [0.2, 0.25) is 5.91 Å². The van der Waals surface area contributed by atoms with Gasteiger partial charge in [0.25, 0.3) is 0 Å². The maximum atomic E-state index is 12.8. The van der Waals surface area contributed by atoms with Crippen LogP contribution >= 0.6 is 0 Å². The van der Waals surface area contributed by atoms with E-state index in [0.29, 0.717) is 23.8 Å². The number of nitrogens with zero attached hydrogens (tertiary/aromatic N) is 1. The Morgan fingerprint density at radius 2 is 1.74 bits per heavy atom. The first-order valence-electron chi connectivity index (χ1n) is 8.28. The molecule has 0 aliphatic heterocycles. The van der Waals surface area contributed by atoms with Gasteiger partial charge in [-0.1, -0.05) is 32.1 Å². The average molecular weight is 266 g/mol. The zero-order valence-electron chi connectivity index (χ0n) is 12.4. The van der Waals surface area contributed by atoms with Gasteiger partial charge in [0.1, 0.15) is 0 Å². The second-order valence-electron chi connectivity index (χ2n) is 6.31. The van der Waals surface area contributed by atoms with Crippen molar-refractivity contribution in [3.8, 4) is 0 Å². The summed E-state index contributed by atoms with van der Waals surface area (Å²) in [4.78, 5) is 15.0. The van der Waals surface area contributed by atoms with Gasteiger partial charge in [0.05, 0.1) is 0 Å². The molecule has 0 aromatic heterocycles. The summed E-state index contributed by atoms with van der Waals surface area (Å²) >= 11 is 0. The minimum atomic E-state index is 0.293. The fraction of sp³-hybridized carbons (Fsp3) is 0.938. The van der Waals surface area contributed by atoms with Crippen LogP contribution in [0.2, 0.25) is 0 Å². The van der Waals surface area contributed by atoms with E-state index >= 15 is 0 Å². The number of rotatable bonds is 4. The van der Waals surface area contributed by atoms with E-state index in [1.54, 1.807) is 0 Å². The molecule has 2 rings (SSSR count). The largest absolute Gasteiger partial charge is 0.339 e. The molecule has 0 radical (unpaired) electrons. The fourth-order valence-corrected chi connectivity index (χ4v) is 4.02. The van der Waals surface area contributed by atoms with Crippen molar-refractivity contribution in [1.82, 2.24) is 4.90 Å². The molecule has 110 valence electrons. The van der Waals surface area contributed by atoms with Gasteiger partial charge in [-0.2, -0.15) is 0 Å². The smallest absolute Gasteiger partial charge is 0.225 e. The van der Waals surface area contributed by atoms with Gasteiger partial charge in [0.15, 0.2) is 0 Å². The predicted molar refractivity (Wildman–Crippen MR) is 78.8 cm³/mol. The fourth-order valence-electron chi connectivity index (χ4n) is 4.02. The maximum Gasteiger partial charge on any atom is 0.225 e. The Kier molecular flexibility index (Phi) is 5.68.